The van der Waals surface area contributed by atoms with Crippen LogP contribution in [-0.4, -0.2) is 30.0 Å². The van der Waals surface area contributed by atoms with E-state index in [1.54, 1.807) is 6.20 Å². The Morgan fingerprint density at radius 2 is 2.00 bits per heavy atom. The number of rotatable bonds is 8. The van der Waals surface area contributed by atoms with Gasteiger partial charge in [-0.3, -0.25) is 9.78 Å². The third-order valence-corrected chi connectivity index (χ3v) is 3.60. The number of aromatic nitrogens is 1. The van der Waals surface area contributed by atoms with Crippen molar-refractivity contribution >= 4 is 30.7 Å². The summed E-state index contributed by atoms with van der Waals surface area (Å²) in [7, 11) is 0. The van der Waals surface area contributed by atoms with E-state index in [0.717, 1.165) is 23.6 Å². The van der Waals surface area contributed by atoms with Crippen LogP contribution in [0.3, 0.4) is 0 Å². The van der Waals surface area contributed by atoms with Crippen molar-refractivity contribution in [2.75, 3.05) is 13.1 Å². The van der Waals surface area contributed by atoms with Gasteiger partial charge in [0.1, 0.15) is 12.4 Å². The fourth-order valence-electron chi connectivity index (χ4n) is 2.28. The van der Waals surface area contributed by atoms with Gasteiger partial charge in [0, 0.05) is 23.8 Å². The average molecular weight is 400 g/mol. The molecule has 26 heavy (non-hydrogen) atoms. The molecular weight excluding hydrogens is 373 g/mol. The second kappa shape index (κ2) is 12.5. The molecule has 7 heteroatoms. The predicted octanol–water partition coefficient (Wildman–Crippen LogP) is 3.54. The van der Waals surface area contributed by atoms with E-state index >= 15 is 0 Å². The molecule has 0 aliphatic carbocycles. The van der Waals surface area contributed by atoms with Crippen LogP contribution in [0, 0.1) is 6.92 Å². The van der Waals surface area contributed by atoms with E-state index in [1.165, 1.54) is 0 Å². The first-order valence-electron chi connectivity index (χ1n) is 8.24. The van der Waals surface area contributed by atoms with E-state index in [2.05, 4.69) is 15.6 Å². The summed E-state index contributed by atoms with van der Waals surface area (Å²) in [5.74, 6) is 0.647. The van der Waals surface area contributed by atoms with Crippen molar-refractivity contribution in [1.29, 1.82) is 0 Å². The van der Waals surface area contributed by atoms with Crippen molar-refractivity contribution in [3.8, 4) is 5.75 Å². The number of aryl methyl sites for hydroxylation is 1. The number of amides is 1. The number of carbonyl (C=O) groups is 1. The molecular formula is C19H27Cl2N3O2. The highest BCUT2D eigenvalue weighted by Crippen LogP contribution is 2.12. The topological polar surface area (TPSA) is 63.2 Å². The standard InChI is InChI=1S/C19H25N3O2.2ClH/c1-4-20-15(3)11-22-19(23)17-7-5-6-16(10-17)13-24-18-9-8-14(2)21-12-18;;/h5-10,12,15,20H,4,11,13H2,1-3H3,(H,22,23);2*1H/t15-;;/m1../s1. The first-order valence-corrected chi connectivity index (χ1v) is 8.24. The highest BCUT2D eigenvalue weighted by Gasteiger charge is 2.08. The molecule has 1 aromatic carbocycles. The Balaban J connectivity index is 0.00000312. The Morgan fingerprint density at radius 1 is 1.23 bits per heavy atom. The maximum absolute atomic E-state index is 12.2. The lowest BCUT2D eigenvalue weighted by molar-refractivity contribution is 0.0950. The Kier molecular flexibility index (Phi) is 11.6. The maximum Gasteiger partial charge on any atom is 0.251 e. The van der Waals surface area contributed by atoms with Crippen LogP contribution in [0.25, 0.3) is 0 Å². The summed E-state index contributed by atoms with van der Waals surface area (Å²) in [6, 6.07) is 11.5. The van der Waals surface area contributed by atoms with E-state index < -0.39 is 0 Å². The van der Waals surface area contributed by atoms with E-state index in [9.17, 15) is 4.79 Å². The molecule has 0 saturated carbocycles. The lowest BCUT2D eigenvalue weighted by Crippen LogP contribution is -2.38. The first-order chi connectivity index (χ1) is 11.6. The highest BCUT2D eigenvalue weighted by molar-refractivity contribution is 5.94. The van der Waals surface area contributed by atoms with Crippen molar-refractivity contribution in [2.24, 2.45) is 0 Å². The summed E-state index contributed by atoms with van der Waals surface area (Å²) in [6.45, 7) is 7.91. The second-order valence-electron chi connectivity index (χ2n) is 5.79. The first kappa shape index (κ1) is 24.2. The van der Waals surface area contributed by atoms with Crippen LogP contribution in [0.2, 0.25) is 0 Å². The number of halogens is 2. The Morgan fingerprint density at radius 3 is 2.65 bits per heavy atom. The third kappa shape index (κ3) is 8.04. The fourth-order valence-corrected chi connectivity index (χ4v) is 2.28. The van der Waals surface area contributed by atoms with Crippen LogP contribution in [0.4, 0.5) is 0 Å². The summed E-state index contributed by atoms with van der Waals surface area (Å²) in [5.41, 5.74) is 2.54. The molecule has 5 nitrogen and oxygen atoms in total. The van der Waals surface area contributed by atoms with Gasteiger partial charge in [-0.1, -0.05) is 19.1 Å². The molecule has 0 aliphatic heterocycles. The van der Waals surface area contributed by atoms with E-state index in [1.807, 2.05) is 57.2 Å². The van der Waals surface area contributed by atoms with Crippen LogP contribution >= 0.6 is 24.8 Å². The summed E-state index contributed by atoms with van der Waals surface area (Å²) >= 11 is 0. The van der Waals surface area contributed by atoms with Gasteiger partial charge in [-0.2, -0.15) is 0 Å². The van der Waals surface area contributed by atoms with Crippen molar-refractivity contribution in [3.05, 3.63) is 59.4 Å². The van der Waals surface area contributed by atoms with Crippen molar-refractivity contribution < 1.29 is 9.53 Å². The number of likely N-dealkylation sites (N-methyl/N-ethyl adjacent to an activating group) is 1. The average Bonchev–Trinajstić information content (AvgIpc) is 2.60. The van der Waals surface area contributed by atoms with E-state index in [4.69, 9.17) is 4.74 Å². The second-order valence-corrected chi connectivity index (χ2v) is 5.79. The molecule has 0 unspecified atom stereocenters. The zero-order valence-electron chi connectivity index (χ0n) is 15.3. The van der Waals surface area contributed by atoms with Crippen LogP contribution in [0.15, 0.2) is 42.6 Å². The summed E-state index contributed by atoms with van der Waals surface area (Å²) in [6.07, 6.45) is 1.70. The van der Waals surface area contributed by atoms with Gasteiger partial charge >= 0.3 is 0 Å². The van der Waals surface area contributed by atoms with Crippen molar-refractivity contribution in [2.45, 2.75) is 33.4 Å². The van der Waals surface area contributed by atoms with Crippen LogP contribution < -0.4 is 15.4 Å². The Hall–Kier alpha value is -1.82. The number of carbonyl (C=O) groups excluding carboxylic acids is 1. The van der Waals surface area contributed by atoms with Crippen molar-refractivity contribution in [1.82, 2.24) is 15.6 Å². The summed E-state index contributed by atoms with van der Waals surface area (Å²) in [5, 5.41) is 6.20. The van der Waals surface area contributed by atoms with E-state index in [0.29, 0.717) is 18.7 Å². The lowest BCUT2D eigenvalue weighted by atomic mass is 10.1. The molecule has 0 bridgehead atoms. The van der Waals surface area contributed by atoms with Gasteiger partial charge in [0.05, 0.1) is 6.20 Å². The van der Waals surface area contributed by atoms with E-state index in [-0.39, 0.29) is 36.8 Å². The van der Waals surface area contributed by atoms with Crippen LogP contribution in [0.1, 0.15) is 35.5 Å². The zero-order chi connectivity index (χ0) is 17.4. The largest absolute Gasteiger partial charge is 0.487 e. The van der Waals surface area contributed by atoms with Gasteiger partial charge < -0.3 is 15.4 Å². The molecule has 1 heterocycles. The smallest absolute Gasteiger partial charge is 0.251 e. The van der Waals surface area contributed by atoms with Gasteiger partial charge in [0.25, 0.3) is 5.91 Å². The maximum atomic E-state index is 12.2. The predicted molar refractivity (Wildman–Crippen MR) is 110 cm³/mol. The SMILES string of the molecule is CCN[C@H](C)CNC(=O)c1cccc(COc2ccc(C)nc2)c1.Cl.Cl. The summed E-state index contributed by atoms with van der Waals surface area (Å²) < 4.78 is 5.71. The molecule has 0 spiro atoms. The van der Waals surface area contributed by atoms with Gasteiger partial charge in [-0.15, -0.1) is 24.8 Å². The molecule has 1 aromatic heterocycles. The molecule has 0 fully saturated rings. The zero-order valence-corrected chi connectivity index (χ0v) is 17.0. The molecule has 2 aromatic rings. The van der Waals surface area contributed by atoms with Gasteiger partial charge in [-0.05, 0) is 50.2 Å². The molecule has 0 radical (unpaired) electrons. The van der Waals surface area contributed by atoms with Gasteiger partial charge in [0.2, 0.25) is 0 Å². The number of ether oxygens (including phenoxy) is 1. The molecule has 2 rings (SSSR count). The quantitative estimate of drug-likeness (QED) is 0.712. The number of pyridine rings is 1. The minimum Gasteiger partial charge on any atom is -0.487 e. The van der Waals surface area contributed by atoms with Crippen molar-refractivity contribution in [3.63, 3.8) is 0 Å². The third-order valence-electron chi connectivity index (χ3n) is 3.60. The monoisotopic (exact) mass is 399 g/mol. The fraction of sp³-hybridized carbons (Fsp3) is 0.368. The van der Waals surface area contributed by atoms with Crippen LogP contribution in [-0.2, 0) is 6.61 Å². The molecule has 0 saturated heterocycles. The number of nitrogens with zero attached hydrogens (tertiary/aromatic N) is 1. The molecule has 1 amide bonds. The molecule has 2 N–H and O–H groups in total. The molecule has 0 aliphatic rings. The minimum absolute atomic E-state index is 0. The highest BCUT2D eigenvalue weighted by atomic mass is 35.5. The van der Waals surface area contributed by atoms with Gasteiger partial charge in [-0.25, -0.2) is 0 Å². The minimum atomic E-state index is -0.0707. The number of benzene rings is 1. The number of hydrogen-bond acceptors (Lipinski definition) is 4. The number of nitrogens with one attached hydrogen (secondary N) is 2. The molecule has 144 valence electrons. The Bertz CT molecular complexity index is 666. The Labute approximate surface area is 167 Å². The normalized spacial score (nSPS) is 10.9. The molecule has 1 atom stereocenters. The van der Waals surface area contributed by atoms with Gasteiger partial charge in [0.15, 0.2) is 0 Å². The summed E-state index contributed by atoms with van der Waals surface area (Å²) in [4.78, 5) is 16.4. The van der Waals surface area contributed by atoms with Crippen LogP contribution in [0.5, 0.6) is 5.75 Å². The number of hydrogen-bond donors (Lipinski definition) is 2. The lowest BCUT2D eigenvalue weighted by Gasteiger charge is -2.13.